The summed E-state index contributed by atoms with van der Waals surface area (Å²) in [7, 11) is 0. The maximum atomic E-state index is 13.4. The molecule has 0 bridgehead atoms. The molecule has 0 amide bonds. The summed E-state index contributed by atoms with van der Waals surface area (Å²) in [4.78, 5) is 42.0. The Labute approximate surface area is 196 Å². The molecule has 34 heavy (non-hydrogen) atoms. The Bertz CT molecular complexity index is 1290. The molecular formula is C25H28N4O5. The van der Waals surface area contributed by atoms with E-state index in [0.717, 1.165) is 27.9 Å². The van der Waals surface area contributed by atoms with Crippen molar-refractivity contribution in [2.45, 2.75) is 46.2 Å². The molecule has 2 aromatic carbocycles. The minimum absolute atomic E-state index is 0.0919. The summed E-state index contributed by atoms with van der Waals surface area (Å²) >= 11 is 0. The summed E-state index contributed by atoms with van der Waals surface area (Å²) in [6.07, 6.45) is 1.76. The molecule has 2 N–H and O–H groups in total. The van der Waals surface area contributed by atoms with E-state index in [2.05, 4.69) is 10.3 Å². The van der Waals surface area contributed by atoms with Crippen molar-refractivity contribution >= 4 is 17.6 Å². The maximum absolute atomic E-state index is 13.4. The predicted molar refractivity (Wildman–Crippen MR) is 128 cm³/mol. The van der Waals surface area contributed by atoms with E-state index in [-0.39, 0.29) is 19.0 Å². The molecule has 1 fully saturated rings. The van der Waals surface area contributed by atoms with Crippen LogP contribution in [0.25, 0.3) is 0 Å². The second-order valence-electron chi connectivity index (χ2n) is 8.74. The molecule has 178 valence electrons. The van der Waals surface area contributed by atoms with Crippen molar-refractivity contribution < 1.29 is 14.6 Å². The number of nitrogens with one attached hydrogen (secondary N) is 1. The first-order chi connectivity index (χ1) is 16.3. The molecule has 0 atom stereocenters. The zero-order chi connectivity index (χ0) is 24.3. The SMILES string of the molecule is CCCOc1ccc(Nc2nc(=O)n(CC3(C(=O)O)CC3)c(=O)n2Cc2ccc(C)cc2)cc1. The number of aliphatic carboxylic acids is 1. The molecule has 0 aliphatic heterocycles. The Morgan fingerprint density at radius 1 is 1.09 bits per heavy atom. The quantitative estimate of drug-likeness (QED) is 0.473. The normalized spacial score (nSPS) is 13.9. The van der Waals surface area contributed by atoms with Gasteiger partial charge in [0.15, 0.2) is 0 Å². The van der Waals surface area contributed by atoms with E-state index in [1.54, 1.807) is 24.3 Å². The fourth-order valence-electron chi connectivity index (χ4n) is 3.66. The number of carboxylic acid groups (broad SMARTS) is 1. The summed E-state index contributed by atoms with van der Waals surface area (Å²) in [5, 5.41) is 12.6. The Morgan fingerprint density at radius 2 is 1.76 bits per heavy atom. The molecule has 0 spiro atoms. The number of benzene rings is 2. The van der Waals surface area contributed by atoms with Gasteiger partial charge in [0, 0.05) is 12.2 Å². The molecule has 1 saturated carbocycles. The van der Waals surface area contributed by atoms with Gasteiger partial charge in [0.25, 0.3) is 0 Å². The highest BCUT2D eigenvalue weighted by atomic mass is 16.5. The second-order valence-corrected chi connectivity index (χ2v) is 8.74. The first-order valence-electron chi connectivity index (χ1n) is 11.3. The summed E-state index contributed by atoms with van der Waals surface area (Å²) in [6.45, 7) is 4.59. The lowest BCUT2D eigenvalue weighted by atomic mass is 10.1. The fraction of sp³-hybridized carbons (Fsp3) is 0.360. The molecule has 1 aliphatic carbocycles. The van der Waals surface area contributed by atoms with Gasteiger partial charge in [0.05, 0.1) is 18.6 Å². The Balaban J connectivity index is 1.71. The van der Waals surface area contributed by atoms with Crippen LogP contribution < -0.4 is 21.4 Å². The molecule has 0 radical (unpaired) electrons. The molecule has 0 unspecified atom stereocenters. The van der Waals surface area contributed by atoms with Gasteiger partial charge in [-0.3, -0.25) is 9.36 Å². The van der Waals surface area contributed by atoms with E-state index in [9.17, 15) is 19.5 Å². The van der Waals surface area contributed by atoms with Crippen LogP contribution in [0.15, 0.2) is 58.1 Å². The van der Waals surface area contributed by atoms with E-state index in [4.69, 9.17) is 4.74 Å². The largest absolute Gasteiger partial charge is 0.494 e. The smallest absolute Gasteiger partial charge is 0.354 e. The van der Waals surface area contributed by atoms with Gasteiger partial charge >= 0.3 is 17.3 Å². The summed E-state index contributed by atoms with van der Waals surface area (Å²) < 4.78 is 7.90. The average Bonchev–Trinajstić information content (AvgIpc) is 3.61. The van der Waals surface area contributed by atoms with Crippen molar-refractivity contribution in [3.8, 4) is 5.75 Å². The van der Waals surface area contributed by atoms with Crippen molar-refractivity contribution in [2.24, 2.45) is 5.41 Å². The summed E-state index contributed by atoms with van der Waals surface area (Å²) in [5.41, 5.74) is 0.122. The first-order valence-corrected chi connectivity index (χ1v) is 11.3. The zero-order valence-electron chi connectivity index (χ0n) is 19.3. The van der Waals surface area contributed by atoms with Crippen molar-refractivity contribution in [3.05, 3.63) is 80.6 Å². The number of rotatable bonds is 10. The van der Waals surface area contributed by atoms with Crippen LogP contribution in [0.3, 0.4) is 0 Å². The second kappa shape index (κ2) is 9.54. The van der Waals surface area contributed by atoms with Crippen LogP contribution in [-0.2, 0) is 17.9 Å². The number of hydrogen-bond donors (Lipinski definition) is 2. The average molecular weight is 465 g/mol. The lowest BCUT2D eigenvalue weighted by molar-refractivity contribution is -0.143. The van der Waals surface area contributed by atoms with Gasteiger partial charge in [-0.25, -0.2) is 14.2 Å². The molecule has 1 heterocycles. The Hall–Kier alpha value is -3.88. The lowest BCUT2D eigenvalue weighted by Gasteiger charge is -2.17. The number of hydrogen-bond acceptors (Lipinski definition) is 6. The van der Waals surface area contributed by atoms with Crippen LogP contribution in [-0.4, -0.2) is 31.8 Å². The number of anilines is 2. The van der Waals surface area contributed by atoms with Crippen molar-refractivity contribution in [2.75, 3.05) is 11.9 Å². The van der Waals surface area contributed by atoms with Crippen molar-refractivity contribution in [3.63, 3.8) is 0 Å². The van der Waals surface area contributed by atoms with Crippen LogP contribution in [0.2, 0.25) is 0 Å². The predicted octanol–water partition coefficient (Wildman–Crippen LogP) is 3.16. The standard InChI is InChI=1S/C25H28N4O5/c1-3-14-34-20-10-8-19(9-11-20)26-22-27-23(32)29(16-25(12-13-25)21(30)31)24(33)28(22)15-18-6-4-17(2)5-7-18/h4-11H,3,12-16H2,1-2H3,(H,30,31)(H,26,27,32). The molecular weight excluding hydrogens is 436 g/mol. The number of ether oxygens (including phenoxy) is 1. The van der Waals surface area contributed by atoms with Gasteiger partial charge in [-0.1, -0.05) is 36.8 Å². The van der Waals surface area contributed by atoms with Crippen LogP contribution >= 0.6 is 0 Å². The topological polar surface area (TPSA) is 115 Å². The molecule has 1 aromatic heterocycles. The van der Waals surface area contributed by atoms with Gasteiger partial charge < -0.3 is 15.2 Å². The third-order valence-corrected chi connectivity index (χ3v) is 5.96. The monoisotopic (exact) mass is 464 g/mol. The lowest BCUT2D eigenvalue weighted by Crippen LogP contribution is -2.45. The molecule has 0 saturated heterocycles. The summed E-state index contributed by atoms with van der Waals surface area (Å²) in [6, 6.07) is 14.8. The van der Waals surface area contributed by atoms with E-state index < -0.39 is 22.8 Å². The Kier molecular flexibility index (Phi) is 6.54. The molecule has 4 rings (SSSR count). The van der Waals surface area contributed by atoms with E-state index in [1.807, 2.05) is 38.1 Å². The molecule has 9 nitrogen and oxygen atoms in total. The summed E-state index contributed by atoms with van der Waals surface area (Å²) in [5.74, 6) is -0.193. The van der Waals surface area contributed by atoms with Gasteiger partial charge in [-0.05, 0) is 56.0 Å². The molecule has 3 aromatic rings. The van der Waals surface area contributed by atoms with E-state index in [0.29, 0.717) is 25.1 Å². The molecule has 1 aliphatic rings. The highest BCUT2D eigenvalue weighted by Crippen LogP contribution is 2.46. The van der Waals surface area contributed by atoms with Gasteiger partial charge in [0.2, 0.25) is 5.95 Å². The number of aromatic nitrogens is 3. The van der Waals surface area contributed by atoms with Crippen molar-refractivity contribution in [1.82, 2.24) is 14.1 Å². The van der Waals surface area contributed by atoms with Crippen LogP contribution in [0.5, 0.6) is 5.75 Å². The minimum Gasteiger partial charge on any atom is -0.494 e. The van der Waals surface area contributed by atoms with Crippen molar-refractivity contribution in [1.29, 1.82) is 0 Å². The minimum atomic E-state index is -1.07. The van der Waals surface area contributed by atoms with Gasteiger partial charge in [0.1, 0.15) is 5.75 Å². The third kappa shape index (κ3) is 5.03. The highest BCUT2D eigenvalue weighted by molar-refractivity contribution is 5.77. The van der Waals surface area contributed by atoms with E-state index >= 15 is 0 Å². The number of aryl methyl sites for hydroxylation is 1. The van der Waals surface area contributed by atoms with Crippen LogP contribution in [0, 0.1) is 12.3 Å². The molecule has 9 heteroatoms. The van der Waals surface area contributed by atoms with Crippen LogP contribution in [0.4, 0.5) is 11.6 Å². The number of carboxylic acids is 1. The number of carbonyl (C=O) groups is 1. The van der Waals surface area contributed by atoms with Crippen LogP contribution in [0.1, 0.15) is 37.3 Å². The fourth-order valence-corrected chi connectivity index (χ4v) is 3.66. The first kappa shape index (κ1) is 23.3. The number of nitrogens with zero attached hydrogens (tertiary/aromatic N) is 3. The highest BCUT2D eigenvalue weighted by Gasteiger charge is 2.51. The van der Waals surface area contributed by atoms with E-state index in [1.165, 1.54) is 4.57 Å². The van der Waals surface area contributed by atoms with Gasteiger partial charge in [-0.2, -0.15) is 4.98 Å². The Morgan fingerprint density at radius 3 is 2.35 bits per heavy atom. The third-order valence-electron chi connectivity index (χ3n) is 5.96. The maximum Gasteiger partial charge on any atom is 0.354 e. The van der Waals surface area contributed by atoms with Gasteiger partial charge in [-0.15, -0.1) is 0 Å². The zero-order valence-corrected chi connectivity index (χ0v) is 19.3.